The normalized spacial score (nSPS) is 10.6. The van der Waals surface area contributed by atoms with Crippen molar-refractivity contribution >= 4 is 5.91 Å². The highest BCUT2D eigenvalue weighted by Crippen LogP contribution is 2.14. The molecule has 0 bridgehead atoms. The van der Waals surface area contributed by atoms with Crippen LogP contribution in [0.3, 0.4) is 0 Å². The molecule has 0 aliphatic heterocycles. The lowest BCUT2D eigenvalue weighted by Gasteiger charge is -2.07. The van der Waals surface area contributed by atoms with Gasteiger partial charge in [-0.3, -0.25) is 4.79 Å². The van der Waals surface area contributed by atoms with Gasteiger partial charge < -0.3 is 5.32 Å². The molecule has 0 aliphatic rings. The van der Waals surface area contributed by atoms with Crippen LogP contribution in [0.1, 0.15) is 24.2 Å². The van der Waals surface area contributed by atoms with Gasteiger partial charge in [0, 0.05) is 24.5 Å². The van der Waals surface area contributed by atoms with Gasteiger partial charge in [0.1, 0.15) is 5.82 Å². The van der Waals surface area contributed by atoms with Crippen LogP contribution >= 0.6 is 0 Å². The zero-order valence-corrected chi connectivity index (χ0v) is 11.4. The number of aromatic nitrogens is 2. The monoisotopic (exact) mass is 273 g/mol. The lowest BCUT2D eigenvalue weighted by atomic mass is 10.2. The Labute approximate surface area is 117 Å². The van der Waals surface area contributed by atoms with E-state index in [-0.39, 0.29) is 11.7 Å². The highest BCUT2D eigenvalue weighted by atomic mass is 19.1. The Bertz CT molecular complexity index is 579. The quantitative estimate of drug-likeness (QED) is 0.931. The van der Waals surface area contributed by atoms with Crippen LogP contribution in [0.2, 0.25) is 0 Å². The van der Waals surface area contributed by atoms with Gasteiger partial charge in [0.05, 0.1) is 5.56 Å². The summed E-state index contributed by atoms with van der Waals surface area (Å²) in [7, 11) is 0. The van der Waals surface area contributed by atoms with Crippen molar-refractivity contribution in [3.05, 3.63) is 48.0 Å². The molecule has 2 rings (SSSR count). The smallest absolute Gasteiger partial charge is 0.254 e. The van der Waals surface area contributed by atoms with Gasteiger partial charge in [0.15, 0.2) is 5.82 Å². The van der Waals surface area contributed by atoms with E-state index in [0.29, 0.717) is 29.4 Å². The fourth-order valence-electron chi connectivity index (χ4n) is 1.59. The maximum atomic E-state index is 12.8. The maximum Gasteiger partial charge on any atom is 0.254 e. The van der Waals surface area contributed by atoms with E-state index in [1.165, 1.54) is 24.5 Å². The summed E-state index contributed by atoms with van der Waals surface area (Å²) in [6.07, 6.45) is 2.95. The molecule has 104 valence electrons. The van der Waals surface area contributed by atoms with Crippen molar-refractivity contribution in [3.63, 3.8) is 0 Å². The first-order chi connectivity index (χ1) is 9.56. The van der Waals surface area contributed by atoms with Crippen LogP contribution in [0.15, 0.2) is 36.7 Å². The second kappa shape index (κ2) is 6.23. The molecule has 1 aromatic carbocycles. The van der Waals surface area contributed by atoms with E-state index in [1.54, 1.807) is 12.1 Å². The number of hydrogen-bond acceptors (Lipinski definition) is 3. The van der Waals surface area contributed by atoms with Gasteiger partial charge in [-0.2, -0.15) is 0 Å². The van der Waals surface area contributed by atoms with Gasteiger partial charge in [0.25, 0.3) is 5.91 Å². The number of carbonyl (C=O) groups is 1. The molecule has 0 unspecified atom stereocenters. The third-order valence-corrected chi connectivity index (χ3v) is 2.69. The van der Waals surface area contributed by atoms with E-state index < -0.39 is 0 Å². The molecule has 1 heterocycles. The molecule has 1 N–H and O–H groups in total. The van der Waals surface area contributed by atoms with Crippen LogP contribution in [-0.2, 0) is 0 Å². The Kier molecular flexibility index (Phi) is 4.40. The minimum absolute atomic E-state index is 0.190. The van der Waals surface area contributed by atoms with E-state index >= 15 is 0 Å². The lowest BCUT2D eigenvalue weighted by molar-refractivity contribution is 0.0948. The molecule has 1 aromatic heterocycles. The first-order valence-corrected chi connectivity index (χ1v) is 6.42. The average Bonchev–Trinajstić information content (AvgIpc) is 2.46. The van der Waals surface area contributed by atoms with Crippen LogP contribution in [0.5, 0.6) is 0 Å². The van der Waals surface area contributed by atoms with Crippen LogP contribution in [0, 0.1) is 11.7 Å². The zero-order chi connectivity index (χ0) is 14.5. The standard InChI is InChI=1S/C15H16FN3O/c1-10(2)7-19-15(20)12-8-17-14(18-9-12)11-3-5-13(16)6-4-11/h3-6,8-10H,7H2,1-2H3,(H,19,20). The Morgan fingerprint density at radius 3 is 2.35 bits per heavy atom. The summed E-state index contributed by atoms with van der Waals surface area (Å²) in [4.78, 5) is 20.1. The number of nitrogens with one attached hydrogen (secondary N) is 1. The van der Waals surface area contributed by atoms with Crippen molar-refractivity contribution < 1.29 is 9.18 Å². The Balaban J connectivity index is 2.10. The van der Waals surface area contributed by atoms with Crippen LogP contribution in [-0.4, -0.2) is 22.4 Å². The SMILES string of the molecule is CC(C)CNC(=O)c1cnc(-c2ccc(F)cc2)nc1. The van der Waals surface area contributed by atoms with Gasteiger partial charge in [0.2, 0.25) is 0 Å². The van der Waals surface area contributed by atoms with Crippen molar-refractivity contribution in [2.24, 2.45) is 5.92 Å². The molecule has 0 radical (unpaired) electrons. The van der Waals surface area contributed by atoms with E-state index in [2.05, 4.69) is 15.3 Å². The van der Waals surface area contributed by atoms with Gasteiger partial charge >= 0.3 is 0 Å². The van der Waals surface area contributed by atoms with E-state index in [1.807, 2.05) is 13.8 Å². The summed E-state index contributed by atoms with van der Waals surface area (Å²) >= 11 is 0. The predicted molar refractivity (Wildman–Crippen MR) is 74.6 cm³/mol. The Hall–Kier alpha value is -2.30. The van der Waals surface area contributed by atoms with E-state index in [0.717, 1.165) is 0 Å². The molecular weight excluding hydrogens is 257 g/mol. The summed E-state index contributed by atoms with van der Waals surface area (Å²) in [5.41, 5.74) is 1.12. The molecule has 1 amide bonds. The van der Waals surface area contributed by atoms with E-state index in [4.69, 9.17) is 0 Å². The topological polar surface area (TPSA) is 54.9 Å². The van der Waals surface area contributed by atoms with Gasteiger partial charge in [-0.25, -0.2) is 14.4 Å². The first kappa shape index (κ1) is 14.1. The van der Waals surface area contributed by atoms with Crippen molar-refractivity contribution in [2.45, 2.75) is 13.8 Å². The predicted octanol–water partition coefficient (Wildman–Crippen LogP) is 2.67. The molecular formula is C15H16FN3O. The van der Waals surface area contributed by atoms with Crippen LogP contribution in [0.25, 0.3) is 11.4 Å². The number of nitrogens with zero attached hydrogens (tertiary/aromatic N) is 2. The van der Waals surface area contributed by atoms with E-state index in [9.17, 15) is 9.18 Å². The third-order valence-electron chi connectivity index (χ3n) is 2.69. The lowest BCUT2D eigenvalue weighted by Crippen LogP contribution is -2.27. The van der Waals surface area contributed by atoms with Crippen molar-refractivity contribution in [1.29, 1.82) is 0 Å². The summed E-state index contributed by atoms with van der Waals surface area (Å²) in [6, 6.07) is 5.90. The van der Waals surface area contributed by atoms with Crippen LogP contribution in [0.4, 0.5) is 4.39 Å². The molecule has 0 fully saturated rings. The highest BCUT2D eigenvalue weighted by molar-refractivity contribution is 5.93. The molecule has 5 heteroatoms. The largest absolute Gasteiger partial charge is 0.352 e. The molecule has 0 atom stereocenters. The molecule has 0 spiro atoms. The number of amides is 1. The molecule has 20 heavy (non-hydrogen) atoms. The zero-order valence-electron chi connectivity index (χ0n) is 11.4. The fraction of sp³-hybridized carbons (Fsp3) is 0.267. The average molecular weight is 273 g/mol. The van der Waals surface area contributed by atoms with Gasteiger partial charge in [-0.05, 0) is 30.2 Å². The summed E-state index contributed by atoms with van der Waals surface area (Å²) in [5.74, 6) is 0.353. The summed E-state index contributed by atoms with van der Waals surface area (Å²) in [6.45, 7) is 4.65. The molecule has 2 aromatic rings. The number of rotatable bonds is 4. The fourth-order valence-corrected chi connectivity index (χ4v) is 1.59. The Morgan fingerprint density at radius 2 is 1.80 bits per heavy atom. The second-order valence-corrected chi connectivity index (χ2v) is 4.91. The van der Waals surface area contributed by atoms with Crippen molar-refractivity contribution in [1.82, 2.24) is 15.3 Å². The second-order valence-electron chi connectivity index (χ2n) is 4.91. The number of hydrogen-bond donors (Lipinski definition) is 1. The molecule has 4 nitrogen and oxygen atoms in total. The summed E-state index contributed by atoms with van der Waals surface area (Å²) in [5, 5.41) is 2.80. The van der Waals surface area contributed by atoms with Gasteiger partial charge in [-0.15, -0.1) is 0 Å². The van der Waals surface area contributed by atoms with Crippen molar-refractivity contribution in [2.75, 3.05) is 6.54 Å². The molecule has 0 aliphatic carbocycles. The Morgan fingerprint density at radius 1 is 1.20 bits per heavy atom. The van der Waals surface area contributed by atoms with Gasteiger partial charge in [-0.1, -0.05) is 13.8 Å². The van der Waals surface area contributed by atoms with Crippen LogP contribution < -0.4 is 5.32 Å². The number of carbonyl (C=O) groups excluding carboxylic acids is 1. The number of halogens is 1. The first-order valence-electron chi connectivity index (χ1n) is 6.42. The highest BCUT2D eigenvalue weighted by Gasteiger charge is 2.08. The van der Waals surface area contributed by atoms with Crippen molar-refractivity contribution in [3.8, 4) is 11.4 Å². The number of benzene rings is 1. The maximum absolute atomic E-state index is 12.8. The third kappa shape index (κ3) is 3.60. The minimum atomic E-state index is -0.307. The molecule has 0 saturated heterocycles. The molecule has 0 saturated carbocycles. The summed E-state index contributed by atoms with van der Waals surface area (Å²) < 4.78 is 12.8. The minimum Gasteiger partial charge on any atom is -0.352 e.